The van der Waals surface area contributed by atoms with E-state index >= 15 is 0 Å². The number of nitrogens with zero attached hydrogens (tertiary/aromatic N) is 2. The van der Waals surface area contributed by atoms with Crippen LogP contribution in [-0.2, 0) is 40.1 Å². The molecule has 70 heavy (non-hydrogen) atoms. The number of isocyanates is 2. The van der Waals surface area contributed by atoms with Gasteiger partial charge in [-0.1, -0.05) is 48.5 Å². The van der Waals surface area contributed by atoms with Gasteiger partial charge in [-0.25, -0.2) is 19.2 Å². The normalized spacial score (nSPS) is 11.3. The average molecular weight is 1030 g/mol. The summed E-state index contributed by atoms with van der Waals surface area (Å²) < 4.78 is 22.7. The first-order chi connectivity index (χ1) is 33.2. The number of methoxy groups -OCH3 is 1. The number of amides is 2. The lowest BCUT2D eigenvalue weighted by atomic mass is 10.0. The summed E-state index contributed by atoms with van der Waals surface area (Å²) in [4.78, 5) is 50.7. The van der Waals surface area contributed by atoms with Crippen LogP contribution >= 0.6 is 0 Å². The fourth-order valence-corrected chi connectivity index (χ4v) is 25.2. The molecule has 0 aliphatic rings. The molecule has 0 bridgehead atoms. The van der Waals surface area contributed by atoms with Crippen LogP contribution in [0.4, 0.5) is 32.3 Å². The number of carbonyl (C=O) groups excluding carboxylic acids is 4. The summed E-state index contributed by atoms with van der Waals surface area (Å²) in [5.41, 5.74) is 6.94. The zero-order valence-corrected chi connectivity index (χ0v) is 46.6. The molecule has 0 heterocycles. The number of aliphatic imine (C=N–C) groups is 2. The number of aliphatic hydroxyl groups is 3. The molecule has 0 unspecified atom stereocenters. The second-order valence-electron chi connectivity index (χ2n) is 19.2. The fourth-order valence-electron chi connectivity index (χ4n) is 7.57. The van der Waals surface area contributed by atoms with E-state index in [1.165, 1.54) is 19.3 Å². The van der Waals surface area contributed by atoms with E-state index in [1.54, 1.807) is 24.3 Å². The molecule has 2 amide bonds. The number of benzene rings is 4. The second-order valence-corrected chi connectivity index (χ2v) is 36.9. The fraction of sp³-hybridized carbons (Fsp3) is 0.451. The van der Waals surface area contributed by atoms with Crippen molar-refractivity contribution in [1.82, 2.24) is 0 Å². The van der Waals surface area contributed by atoms with Crippen LogP contribution in [0.2, 0.25) is 76.6 Å². The number of ether oxygens (including phenoxy) is 2. The lowest BCUT2D eigenvalue weighted by molar-refractivity contribution is 0.161. The lowest BCUT2D eigenvalue weighted by Gasteiger charge is -2.34. The van der Waals surface area contributed by atoms with Gasteiger partial charge in [-0.2, -0.15) is 9.98 Å². The quantitative estimate of drug-likeness (QED) is 0.0182. The van der Waals surface area contributed by atoms with E-state index in [9.17, 15) is 19.2 Å². The summed E-state index contributed by atoms with van der Waals surface area (Å²) in [5, 5.41) is 32.1. The molecule has 4 aromatic rings. The number of nitrogens with one attached hydrogen (secondary N) is 2. The molecular formula is C51H76N4O11Si4. The molecule has 0 aliphatic heterocycles. The lowest BCUT2D eigenvalue weighted by Crippen LogP contribution is -2.44. The van der Waals surface area contributed by atoms with Crippen molar-refractivity contribution in [3.63, 3.8) is 0 Å². The summed E-state index contributed by atoms with van der Waals surface area (Å²) >= 11 is 0. The molecule has 4 aromatic carbocycles. The van der Waals surface area contributed by atoms with Gasteiger partial charge in [-0.3, -0.25) is 10.6 Å². The Morgan fingerprint density at radius 1 is 0.486 bits per heavy atom. The SMILES string of the molecule is COC(=O)Nc1ccc(Cc2ccc(NC(=O)OCCC[Si](C)(C)O[Si](C)(C)CCCO)cc2)cc1.C[Si](C)(CCCO)O[Si](C)(C)CCCO.O=C=Nc1ccc(Cc2ccc(N=C=O)cc2)cc1. The molecule has 19 heteroatoms. The summed E-state index contributed by atoms with van der Waals surface area (Å²) in [6.07, 6.45) is 6.79. The van der Waals surface area contributed by atoms with Gasteiger partial charge in [0.2, 0.25) is 12.2 Å². The third-order valence-corrected chi connectivity index (χ3v) is 25.8. The van der Waals surface area contributed by atoms with E-state index < -0.39 is 45.5 Å². The van der Waals surface area contributed by atoms with E-state index in [0.717, 1.165) is 85.0 Å². The second kappa shape index (κ2) is 31.9. The first-order valence-electron chi connectivity index (χ1n) is 23.7. The molecule has 0 aromatic heterocycles. The maximum atomic E-state index is 12.2. The van der Waals surface area contributed by atoms with Gasteiger partial charge in [0.05, 0.1) is 25.1 Å². The number of hydrogen-bond acceptors (Lipinski definition) is 13. The minimum atomic E-state index is -1.84. The molecular weight excluding hydrogens is 957 g/mol. The summed E-state index contributed by atoms with van der Waals surface area (Å²) in [6.45, 7) is 18.8. The summed E-state index contributed by atoms with van der Waals surface area (Å²) in [5.74, 6) is 0. The Morgan fingerprint density at radius 2 is 0.786 bits per heavy atom. The molecule has 0 radical (unpaired) electrons. The van der Waals surface area contributed by atoms with Crippen molar-refractivity contribution in [2.75, 3.05) is 44.2 Å². The molecule has 0 saturated carbocycles. The van der Waals surface area contributed by atoms with Crippen LogP contribution in [-0.4, -0.2) is 106 Å². The summed E-state index contributed by atoms with van der Waals surface area (Å²) in [7, 11) is -5.47. The minimum Gasteiger partial charge on any atom is -0.455 e. The Bertz CT molecular complexity index is 2160. The third kappa shape index (κ3) is 27.3. The van der Waals surface area contributed by atoms with Gasteiger partial charge in [0.15, 0.2) is 33.3 Å². The van der Waals surface area contributed by atoms with Gasteiger partial charge in [0.1, 0.15) is 0 Å². The number of anilines is 2. The number of hydrogen-bond donors (Lipinski definition) is 5. The van der Waals surface area contributed by atoms with E-state index in [1.807, 2.05) is 72.8 Å². The highest BCUT2D eigenvalue weighted by atomic mass is 28.4. The van der Waals surface area contributed by atoms with Crippen molar-refractivity contribution in [2.24, 2.45) is 9.98 Å². The topological polar surface area (TPSA) is 215 Å². The van der Waals surface area contributed by atoms with Gasteiger partial charge >= 0.3 is 12.2 Å². The smallest absolute Gasteiger partial charge is 0.411 e. The van der Waals surface area contributed by atoms with Gasteiger partial charge in [0.25, 0.3) is 0 Å². The van der Waals surface area contributed by atoms with Crippen molar-refractivity contribution in [2.45, 2.75) is 115 Å². The van der Waals surface area contributed by atoms with E-state index in [2.05, 4.69) is 77.7 Å². The Morgan fingerprint density at radius 3 is 1.09 bits per heavy atom. The molecule has 0 saturated heterocycles. The van der Waals surface area contributed by atoms with E-state index in [-0.39, 0.29) is 19.8 Å². The van der Waals surface area contributed by atoms with Crippen LogP contribution in [0, 0.1) is 0 Å². The van der Waals surface area contributed by atoms with Gasteiger partial charge in [-0.15, -0.1) is 0 Å². The number of carbonyl (C=O) groups is 2. The highest BCUT2D eigenvalue weighted by molar-refractivity contribution is 6.85. The first kappa shape index (κ1) is 61.0. The predicted octanol–water partition coefficient (Wildman–Crippen LogP) is 11.6. The van der Waals surface area contributed by atoms with E-state index in [4.69, 9.17) is 28.3 Å². The van der Waals surface area contributed by atoms with Gasteiger partial charge in [-0.05, 0) is 186 Å². The van der Waals surface area contributed by atoms with Crippen LogP contribution in [0.3, 0.4) is 0 Å². The number of rotatable bonds is 25. The van der Waals surface area contributed by atoms with Crippen molar-refractivity contribution in [3.8, 4) is 0 Å². The summed E-state index contributed by atoms with van der Waals surface area (Å²) in [6, 6.07) is 33.8. The van der Waals surface area contributed by atoms with Crippen LogP contribution in [0.1, 0.15) is 47.9 Å². The maximum absolute atomic E-state index is 12.2. The molecule has 0 fully saturated rings. The average Bonchev–Trinajstić information content (AvgIpc) is 3.31. The Labute approximate surface area is 419 Å². The molecule has 0 atom stereocenters. The van der Waals surface area contributed by atoms with Crippen molar-refractivity contribution < 1.29 is 52.2 Å². The number of aliphatic hydroxyl groups excluding tert-OH is 3. The molecule has 0 aliphatic carbocycles. The largest absolute Gasteiger partial charge is 0.455 e. The van der Waals surface area contributed by atoms with Crippen molar-refractivity contribution >= 4 is 80.4 Å². The zero-order valence-electron chi connectivity index (χ0n) is 42.6. The van der Waals surface area contributed by atoms with Gasteiger partial charge < -0.3 is 33.0 Å². The Balaban J connectivity index is 0.000000411. The van der Waals surface area contributed by atoms with Gasteiger partial charge in [0, 0.05) is 31.2 Å². The van der Waals surface area contributed by atoms with Crippen LogP contribution in [0.5, 0.6) is 0 Å². The molecule has 15 nitrogen and oxygen atoms in total. The highest BCUT2D eigenvalue weighted by Crippen LogP contribution is 2.25. The molecule has 5 N–H and O–H groups in total. The first-order valence-corrected chi connectivity index (χ1v) is 36.2. The third-order valence-electron chi connectivity index (χ3n) is 10.7. The van der Waals surface area contributed by atoms with E-state index in [0.29, 0.717) is 29.4 Å². The minimum absolute atomic E-state index is 0.207. The highest BCUT2D eigenvalue weighted by Gasteiger charge is 2.33. The molecule has 0 spiro atoms. The standard InChI is InChI=1S/C26H40N2O6Si2.C15H10N2O2.C10H26O3Si2/c1-32-25(30)27-23-12-8-21(9-13-23)20-22-10-14-24(15-11-22)28-26(31)33-17-7-19-36(4,5)34-35(2,3)18-6-16-29;18-10-16-14-5-1-12(2-6-14)9-13-3-7-15(8-4-13)17-11-19;1-14(2,9-5-7-11)13-15(3,4)10-6-8-12/h8-15,29H,6-7,16-20H2,1-5H3,(H,27,30)(H,28,31);1-8H,9H2;11-12H,5-10H2,1-4H3. The van der Waals surface area contributed by atoms with Crippen LogP contribution in [0.15, 0.2) is 107 Å². The molecule has 382 valence electrons. The monoisotopic (exact) mass is 1030 g/mol. The zero-order chi connectivity index (χ0) is 52.1. The maximum Gasteiger partial charge on any atom is 0.411 e. The van der Waals surface area contributed by atoms with Crippen molar-refractivity contribution in [3.05, 3.63) is 119 Å². The molecule has 4 rings (SSSR count). The Hall–Kier alpha value is -5.15. The predicted molar refractivity (Wildman–Crippen MR) is 289 cm³/mol. The Kier molecular flexibility index (Phi) is 27.8. The van der Waals surface area contributed by atoms with Crippen molar-refractivity contribution in [1.29, 1.82) is 0 Å². The van der Waals surface area contributed by atoms with Crippen LogP contribution < -0.4 is 10.6 Å². The van der Waals surface area contributed by atoms with Crippen LogP contribution in [0.25, 0.3) is 0 Å².